The number of methoxy groups -OCH3 is 1. The number of nitrogens with zero attached hydrogens (tertiary/aromatic N) is 5. The number of ether oxygens (including phenoxy) is 1. The monoisotopic (exact) mass is 786 g/mol. The Morgan fingerprint density at radius 1 is 0.931 bits per heavy atom. The lowest BCUT2D eigenvalue weighted by molar-refractivity contribution is -0.136. The quantitative estimate of drug-likeness (QED) is 0.158. The molecule has 2 aromatic heterocycles. The minimum absolute atomic E-state index is 0.0988. The number of hydrogen-bond acceptors (Lipinski definition) is 10. The summed E-state index contributed by atoms with van der Waals surface area (Å²) < 4.78 is 7.72. The Hall–Kier alpha value is -5.63. The number of piperidine rings is 2. The minimum atomic E-state index is -0.969. The van der Waals surface area contributed by atoms with E-state index in [-0.39, 0.29) is 24.7 Å². The number of hydrogen-bond donors (Lipinski definition) is 3. The normalized spacial score (nSPS) is 23.5. The number of rotatable bonds is 11. The molecule has 1 unspecified atom stereocenters. The summed E-state index contributed by atoms with van der Waals surface area (Å²) in [5, 5.41) is 14.5. The van der Waals surface area contributed by atoms with Crippen LogP contribution in [0.25, 0.3) is 10.9 Å². The molecule has 14 nitrogen and oxygen atoms in total. The van der Waals surface area contributed by atoms with Crippen molar-refractivity contribution in [2.75, 3.05) is 43.9 Å². The second-order valence-electron chi connectivity index (χ2n) is 17.0. The van der Waals surface area contributed by atoms with Crippen LogP contribution in [0.2, 0.25) is 0 Å². The maximum absolute atomic E-state index is 13.4. The third-order valence-corrected chi connectivity index (χ3v) is 13.4. The molecule has 4 fully saturated rings. The third kappa shape index (κ3) is 7.34. The fourth-order valence-electron chi connectivity index (χ4n) is 10.2. The number of fused-ring (bicyclic) bond motifs is 2. The van der Waals surface area contributed by atoms with E-state index in [1.165, 1.54) is 38.5 Å². The SMILES string of the molecule is COc1cc2nn([C@H]3CC[C@H](CN4CCC5(CC4)CC(CCNc4cccc6c4C(=O)N(C4CCC(=O)NC4=O)C6=O)C5)CC3)cc2cc1NC(=O)c1ccccn1. The molecule has 0 bridgehead atoms. The number of benzene rings is 2. The molecule has 58 heavy (non-hydrogen) atoms. The van der Waals surface area contributed by atoms with Crippen LogP contribution in [0.5, 0.6) is 5.75 Å². The van der Waals surface area contributed by atoms with Crippen molar-refractivity contribution >= 4 is 51.8 Å². The largest absolute Gasteiger partial charge is 0.494 e. The Morgan fingerprint density at radius 3 is 2.48 bits per heavy atom. The van der Waals surface area contributed by atoms with Gasteiger partial charge in [0.05, 0.1) is 35.5 Å². The topological polar surface area (TPSA) is 168 Å². The summed E-state index contributed by atoms with van der Waals surface area (Å²) in [6.07, 6.45) is 14.5. The van der Waals surface area contributed by atoms with E-state index < -0.39 is 23.8 Å². The van der Waals surface area contributed by atoms with E-state index in [4.69, 9.17) is 9.84 Å². The molecule has 5 aliphatic rings. The van der Waals surface area contributed by atoms with Crippen molar-refractivity contribution in [2.45, 2.75) is 82.7 Å². The van der Waals surface area contributed by atoms with Gasteiger partial charge in [-0.05, 0) is 125 Å². The summed E-state index contributed by atoms with van der Waals surface area (Å²) in [5.74, 6) is -0.329. The van der Waals surface area contributed by atoms with Crippen molar-refractivity contribution in [3.8, 4) is 5.75 Å². The molecule has 302 valence electrons. The highest BCUT2D eigenvalue weighted by Gasteiger charge is 2.47. The highest BCUT2D eigenvalue weighted by Crippen LogP contribution is 2.54. The van der Waals surface area contributed by atoms with Crippen molar-refractivity contribution < 1.29 is 28.7 Å². The summed E-state index contributed by atoms with van der Waals surface area (Å²) >= 11 is 0. The molecule has 3 aliphatic heterocycles. The van der Waals surface area contributed by atoms with Crippen molar-refractivity contribution in [3.05, 3.63) is 77.7 Å². The Morgan fingerprint density at radius 2 is 1.74 bits per heavy atom. The van der Waals surface area contributed by atoms with Crippen LogP contribution in [0.3, 0.4) is 0 Å². The summed E-state index contributed by atoms with van der Waals surface area (Å²) in [7, 11) is 1.60. The zero-order valence-corrected chi connectivity index (χ0v) is 32.9. The molecule has 4 aromatic rings. The van der Waals surface area contributed by atoms with Gasteiger partial charge >= 0.3 is 0 Å². The highest BCUT2D eigenvalue weighted by atomic mass is 16.5. The molecule has 9 rings (SSSR count). The van der Waals surface area contributed by atoms with Gasteiger partial charge in [-0.1, -0.05) is 12.1 Å². The second-order valence-corrected chi connectivity index (χ2v) is 17.0. The number of pyridine rings is 1. The maximum Gasteiger partial charge on any atom is 0.274 e. The van der Waals surface area contributed by atoms with E-state index in [0.717, 1.165) is 54.7 Å². The van der Waals surface area contributed by atoms with Gasteiger partial charge < -0.3 is 20.3 Å². The lowest BCUT2D eigenvalue weighted by Gasteiger charge is -2.53. The summed E-state index contributed by atoms with van der Waals surface area (Å²) in [6.45, 7) is 4.19. The predicted octanol–water partition coefficient (Wildman–Crippen LogP) is 5.82. The Kier molecular flexibility index (Phi) is 10.2. The summed E-state index contributed by atoms with van der Waals surface area (Å²) in [4.78, 5) is 71.4. The van der Waals surface area contributed by atoms with Gasteiger partial charge in [-0.3, -0.25) is 43.9 Å². The van der Waals surface area contributed by atoms with Crippen LogP contribution in [0.4, 0.5) is 11.4 Å². The first kappa shape index (κ1) is 37.9. The van der Waals surface area contributed by atoms with Crippen LogP contribution in [0.15, 0.2) is 60.9 Å². The zero-order chi connectivity index (χ0) is 40.0. The number of anilines is 2. The molecule has 2 aromatic carbocycles. The van der Waals surface area contributed by atoms with E-state index in [1.54, 1.807) is 43.6 Å². The van der Waals surface area contributed by atoms with Gasteiger partial charge in [-0.25, -0.2) is 0 Å². The molecular weight excluding hydrogens is 737 g/mol. The van der Waals surface area contributed by atoms with Gasteiger partial charge in [0.2, 0.25) is 11.8 Å². The zero-order valence-electron chi connectivity index (χ0n) is 32.9. The molecule has 2 saturated carbocycles. The van der Waals surface area contributed by atoms with Crippen LogP contribution < -0.4 is 20.7 Å². The van der Waals surface area contributed by atoms with Gasteiger partial charge in [-0.2, -0.15) is 5.10 Å². The Bertz CT molecular complexity index is 2250. The smallest absolute Gasteiger partial charge is 0.274 e. The van der Waals surface area contributed by atoms with Crippen molar-refractivity contribution in [1.82, 2.24) is 29.9 Å². The average Bonchev–Trinajstić information content (AvgIpc) is 3.75. The number of nitrogens with one attached hydrogen (secondary N) is 3. The number of carbonyl (C=O) groups excluding carboxylic acids is 5. The molecule has 1 spiro atoms. The molecule has 0 radical (unpaired) electrons. The van der Waals surface area contributed by atoms with Gasteiger partial charge in [0.15, 0.2) is 0 Å². The first-order valence-corrected chi connectivity index (χ1v) is 20.8. The average molecular weight is 787 g/mol. The van der Waals surface area contributed by atoms with Gasteiger partial charge in [0.1, 0.15) is 17.5 Å². The van der Waals surface area contributed by atoms with Crippen LogP contribution in [-0.2, 0) is 9.59 Å². The van der Waals surface area contributed by atoms with E-state index in [0.29, 0.717) is 63.8 Å². The van der Waals surface area contributed by atoms with Crippen LogP contribution in [0.1, 0.15) is 108 Å². The number of imide groups is 2. The van der Waals surface area contributed by atoms with E-state index in [2.05, 4.69) is 36.7 Å². The standard InChI is InChI=1S/C44H50N8O6/c1-58-37-22-34-29(21-35(37)47-40(54)33-6-2-3-17-45-33)26-51(49-34)30-10-8-27(9-11-30)25-50-19-15-44(16-20-50)23-28(24-44)14-18-46-32-7-4-5-31-39(32)43(57)52(42(31)56)36-12-13-38(53)48-41(36)55/h2-7,17,21-22,26-28,30,36,46H,8-16,18-20,23-25H2,1H3,(H,47,54)(H,48,53,55)/t27-,30-,36?. The van der Waals surface area contributed by atoms with Crippen molar-refractivity contribution in [1.29, 1.82) is 0 Å². The molecule has 2 saturated heterocycles. The third-order valence-electron chi connectivity index (χ3n) is 13.4. The summed E-state index contributed by atoms with van der Waals surface area (Å²) in [5.41, 5.74) is 3.48. The molecule has 3 N–H and O–H groups in total. The number of carbonyl (C=O) groups is 5. The fraction of sp³-hybridized carbons (Fsp3) is 0.477. The van der Waals surface area contributed by atoms with Crippen LogP contribution >= 0.6 is 0 Å². The first-order valence-electron chi connectivity index (χ1n) is 20.8. The van der Waals surface area contributed by atoms with Gasteiger partial charge in [0, 0.05) is 49.0 Å². The fourth-order valence-corrected chi connectivity index (χ4v) is 10.2. The Labute approximate surface area is 337 Å². The number of amides is 5. The van der Waals surface area contributed by atoms with Crippen molar-refractivity contribution in [2.24, 2.45) is 17.3 Å². The molecule has 2 aliphatic carbocycles. The molecule has 5 heterocycles. The molecular formula is C44H50N8O6. The first-order chi connectivity index (χ1) is 28.2. The van der Waals surface area contributed by atoms with E-state index in [9.17, 15) is 24.0 Å². The van der Waals surface area contributed by atoms with Gasteiger partial charge in [-0.15, -0.1) is 0 Å². The predicted molar refractivity (Wildman–Crippen MR) is 217 cm³/mol. The van der Waals surface area contributed by atoms with Crippen LogP contribution in [-0.4, -0.2) is 93.4 Å². The molecule has 5 amide bonds. The molecule has 1 atom stereocenters. The highest BCUT2D eigenvalue weighted by molar-refractivity contribution is 6.25. The van der Waals surface area contributed by atoms with E-state index in [1.807, 2.05) is 18.2 Å². The lowest BCUT2D eigenvalue weighted by Crippen LogP contribution is -2.54. The second kappa shape index (κ2) is 15.6. The number of aromatic nitrogens is 3. The summed E-state index contributed by atoms with van der Waals surface area (Å²) in [6, 6.07) is 13.7. The van der Waals surface area contributed by atoms with Gasteiger partial charge in [0.25, 0.3) is 17.7 Å². The molecule has 14 heteroatoms. The maximum atomic E-state index is 13.4. The lowest BCUT2D eigenvalue weighted by atomic mass is 9.57. The minimum Gasteiger partial charge on any atom is -0.494 e. The van der Waals surface area contributed by atoms with E-state index >= 15 is 0 Å². The van der Waals surface area contributed by atoms with Crippen LogP contribution in [0, 0.1) is 17.3 Å². The van der Waals surface area contributed by atoms with Crippen molar-refractivity contribution in [3.63, 3.8) is 0 Å². The Balaban J connectivity index is 0.712. The number of likely N-dealkylation sites (tertiary alicyclic amines) is 1.